The van der Waals surface area contributed by atoms with Crippen molar-refractivity contribution in [2.75, 3.05) is 24.8 Å². The maximum atomic E-state index is 14.0. The fourth-order valence-corrected chi connectivity index (χ4v) is 3.49. The summed E-state index contributed by atoms with van der Waals surface area (Å²) in [5.41, 5.74) is 1.53. The number of methoxy groups -OCH3 is 1. The van der Waals surface area contributed by atoms with Gasteiger partial charge in [-0.25, -0.2) is 9.78 Å². The molecule has 2 amide bonds. The second-order valence-corrected chi connectivity index (χ2v) is 7.22. The van der Waals surface area contributed by atoms with Crippen LogP contribution in [0.5, 0.6) is 5.75 Å². The van der Waals surface area contributed by atoms with Gasteiger partial charge < -0.3 is 20.7 Å². The Morgan fingerprint density at radius 1 is 1.24 bits per heavy atom. The van der Waals surface area contributed by atoms with Crippen LogP contribution < -0.4 is 20.7 Å². The molecule has 2 aromatic heterocycles. The van der Waals surface area contributed by atoms with E-state index in [9.17, 15) is 19.3 Å². The van der Waals surface area contributed by atoms with Crippen molar-refractivity contribution in [3.05, 3.63) is 70.3 Å². The zero-order valence-corrected chi connectivity index (χ0v) is 18.4. The van der Waals surface area contributed by atoms with Gasteiger partial charge in [0.05, 0.1) is 29.4 Å². The number of carbonyl (C=O) groups excluding carboxylic acids is 1. The lowest BCUT2D eigenvalue weighted by Crippen LogP contribution is -2.25. The summed E-state index contributed by atoms with van der Waals surface area (Å²) in [6.07, 6.45) is 3.27. The highest BCUT2D eigenvalue weighted by atomic mass is 19.1. The molecule has 0 unspecified atom stereocenters. The highest BCUT2D eigenvalue weighted by Gasteiger charge is 2.21. The summed E-state index contributed by atoms with van der Waals surface area (Å²) >= 11 is 0. The third kappa shape index (κ3) is 4.16. The molecule has 0 aliphatic carbocycles. The van der Waals surface area contributed by atoms with Gasteiger partial charge in [-0.3, -0.25) is 14.7 Å². The lowest BCUT2D eigenvalue weighted by molar-refractivity contribution is -0.387. The molecule has 0 saturated carbocycles. The molecular formula is C22H20FN7O4. The fourth-order valence-electron chi connectivity index (χ4n) is 3.49. The number of hydrogen-bond donors (Lipinski definition) is 3. The van der Waals surface area contributed by atoms with Gasteiger partial charge in [-0.1, -0.05) is 18.2 Å². The summed E-state index contributed by atoms with van der Waals surface area (Å²) < 4.78 is 21.0. The largest absolute Gasteiger partial charge is 0.494 e. The van der Waals surface area contributed by atoms with Crippen molar-refractivity contribution in [3.63, 3.8) is 0 Å². The number of nitro groups is 1. The SMILES string of the molecule is CNC(=O)Nc1cnc(Nc2cc([N+](=O)[O-])c(F)cc2OC)nc1-n1cc(C)c2ccccc21. The minimum atomic E-state index is -1.03. The number of carbonyl (C=O) groups is 1. The lowest BCUT2D eigenvalue weighted by Gasteiger charge is -2.15. The Labute approximate surface area is 192 Å². The van der Waals surface area contributed by atoms with Gasteiger partial charge in [-0.15, -0.1) is 0 Å². The van der Waals surface area contributed by atoms with Crippen LogP contribution in [0.4, 0.5) is 32.2 Å². The number of fused-ring (bicyclic) bond motifs is 1. The van der Waals surface area contributed by atoms with E-state index in [1.54, 1.807) is 4.57 Å². The van der Waals surface area contributed by atoms with Gasteiger partial charge in [-0.05, 0) is 18.6 Å². The molecule has 0 spiro atoms. The number of aromatic nitrogens is 3. The highest BCUT2D eigenvalue weighted by Crippen LogP contribution is 2.34. The second kappa shape index (κ2) is 9.02. The molecule has 34 heavy (non-hydrogen) atoms. The Hall–Kier alpha value is -4.74. The van der Waals surface area contributed by atoms with Crippen molar-refractivity contribution in [3.8, 4) is 11.6 Å². The van der Waals surface area contributed by atoms with Crippen molar-refractivity contribution < 1.29 is 18.8 Å². The van der Waals surface area contributed by atoms with Gasteiger partial charge in [0.15, 0.2) is 5.82 Å². The fraction of sp³-hybridized carbons (Fsp3) is 0.136. The van der Waals surface area contributed by atoms with Crippen molar-refractivity contribution in [1.82, 2.24) is 19.9 Å². The molecule has 0 bridgehead atoms. The van der Waals surface area contributed by atoms with Crippen LogP contribution in [-0.2, 0) is 0 Å². The summed E-state index contributed by atoms with van der Waals surface area (Å²) in [6, 6.07) is 9.13. The molecule has 3 N–H and O–H groups in total. The first-order valence-electron chi connectivity index (χ1n) is 10.0. The Morgan fingerprint density at radius 3 is 2.71 bits per heavy atom. The van der Waals surface area contributed by atoms with E-state index in [1.807, 2.05) is 37.4 Å². The number of halogens is 1. The average Bonchev–Trinajstić information content (AvgIpc) is 3.17. The molecule has 0 aliphatic rings. The van der Waals surface area contributed by atoms with Gasteiger partial charge in [0.25, 0.3) is 0 Å². The number of ether oxygens (including phenoxy) is 1. The monoisotopic (exact) mass is 465 g/mol. The number of para-hydroxylation sites is 1. The number of urea groups is 1. The molecule has 0 radical (unpaired) electrons. The lowest BCUT2D eigenvalue weighted by atomic mass is 10.2. The Morgan fingerprint density at radius 2 is 2.00 bits per heavy atom. The molecule has 4 aromatic rings. The molecule has 12 heteroatoms. The summed E-state index contributed by atoms with van der Waals surface area (Å²) in [4.78, 5) is 31.1. The molecule has 0 fully saturated rings. The van der Waals surface area contributed by atoms with Gasteiger partial charge in [0.2, 0.25) is 11.8 Å². The number of anilines is 3. The maximum absolute atomic E-state index is 14.0. The van der Waals surface area contributed by atoms with Crippen LogP contribution in [0.1, 0.15) is 5.56 Å². The van der Waals surface area contributed by atoms with Gasteiger partial charge in [0.1, 0.15) is 11.4 Å². The molecule has 0 saturated heterocycles. The standard InChI is InChI=1S/C22H20FN7O4/c1-12-11-29(17-7-5-4-6-13(12)17)20-16(27-22(31)24-2)10-25-21(28-20)26-15-9-18(30(32)33)14(23)8-19(15)34-3/h4-11H,1-3H3,(H2,24,27,31)(H,25,26,28). The van der Waals surface area contributed by atoms with Gasteiger partial charge in [-0.2, -0.15) is 9.37 Å². The highest BCUT2D eigenvalue weighted by molar-refractivity contribution is 5.92. The van der Waals surface area contributed by atoms with E-state index in [4.69, 9.17) is 4.74 Å². The summed E-state index contributed by atoms with van der Waals surface area (Å²) in [5.74, 6) is -0.607. The zero-order valence-electron chi connectivity index (χ0n) is 18.4. The Bertz CT molecular complexity index is 1420. The number of nitro benzene ring substituents is 1. The zero-order chi connectivity index (χ0) is 24.4. The van der Waals surface area contributed by atoms with Crippen molar-refractivity contribution in [1.29, 1.82) is 0 Å². The number of hydrogen-bond acceptors (Lipinski definition) is 7. The molecule has 4 rings (SSSR count). The molecular weight excluding hydrogens is 445 g/mol. The van der Waals surface area contributed by atoms with Crippen molar-refractivity contribution in [2.45, 2.75) is 6.92 Å². The van der Waals surface area contributed by atoms with Crippen LogP contribution in [0.25, 0.3) is 16.7 Å². The average molecular weight is 465 g/mol. The Balaban J connectivity index is 1.84. The van der Waals surface area contributed by atoms with Crippen molar-refractivity contribution in [2.24, 2.45) is 0 Å². The predicted molar refractivity (Wildman–Crippen MR) is 125 cm³/mol. The summed E-state index contributed by atoms with van der Waals surface area (Å²) in [5, 5.41) is 20.2. The van der Waals surface area contributed by atoms with Crippen LogP contribution in [0, 0.1) is 22.9 Å². The minimum Gasteiger partial charge on any atom is -0.494 e. The normalized spacial score (nSPS) is 10.7. The number of rotatable bonds is 6. The van der Waals surface area contributed by atoms with Crippen LogP contribution >= 0.6 is 0 Å². The number of amides is 2. The molecule has 0 atom stereocenters. The van der Waals surface area contributed by atoms with Gasteiger partial charge in [0, 0.05) is 30.8 Å². The van der Waals surface area contributed by atoms with Crippen molar-refractivity contribution >= 4 is 39.9 Å². The van der Waals surface area contributed by atoms with Gasteiger partial charge >= 0.3 is 11.7 Å². The summed E-state index contributed by atoms with van der Waals surface area (Å²) in [6.45, 7) is 1.95. The van der Waals surface area contributed by atoms with Crippen LogP contribution in [0.3, 0.4) is 0 Å². The number of nitrogens with one attached hydrogen (secondary N) is 3. The molecule has 174 valence electrons. The number of benzene rings is 2. The first-order chi connectivity index (χ1) is 16.3. The van der Waals surface area contributed by atoms with E-state index < -0.39 is 22.5 Å². The van der Waals surface area contributed by atoms with Crippen LogP contribution in [-0.4, -0.2) is 39.6 Å². The molecule has 0 aliphatic heterocycles. The third-order valence-corrected chi connectivity index (χ3v) is 5.10. The molecule has 2 heterocycles. The van der Waals surface area contributed by atoms with E-state index in [0.29, 0.717) is 11.5 Å². The first-order valence-corrected chi connectivity index (χ1v) is 10.0. The topological polar surface area (TPSA) is 136 Å². The van der Waals surface area contributed by atoms with Crippen LogP contribution in [0.15, 0.2) is 48.8 Å². The second-order valence-electron chi connectivity index (χ2n) is 7.22. The third-order valence-electron chi connectivity index (χ3n) is 5.10. The smallest absolute Gasteiger partial charge is 0.319 e. The Kier molecular flexibility index (Phi) is 5.95. The minimum absolute atomic E-state index is 0.0306. The summed E-state index contributed by atoms with van der Waals surface area (Å²) in [7, 11) is 2.79. The maximum Gasteiger partial charge on any atom is 0.319 e. The number of nitrogens with zero attached hydrogens (tertiary/aromatic N) is 4. The van der Waals surface area contributed by atoms with E-state index in [-0.39, 0.29) is 17.4 Å². The quantitative estimate of drug-likeness (QED) is 0.286. The van der Waals surface area contributed by atoms with Crippen LogP contribution in [0.2, 0.25) is 0 Å². The van der Waals surface area contributed by atoms with E-state index in [1.165, 1.54) is 20.4 Å². The predicted octanol–water partition coefficient (Wildman–Crippen LogP) is 4.28. The number of aryl methyl sites for hydroxylation is 1. The first kappa shape index (κ1) is 22.5. The molecule has 2 aromatic carbocycles. The van der Waals surface area contributed by atoms with E-state index in [2.05, 4.69) is 25.9 Å². The van der Waals surface area contributed by atoms with E-state index >= 15 is 0 Å². The van der Waals surface area contributed by atoms with E-state index in [0.717, 1.165) is 28.6 Å². The molecule has 11 nitrogen and oxygen atoms in total.